The molecule has 1 fully saturated rings. The van der Waals surface area contributed by atoms with E-state index in [1.165, 1.54) is 25.7 Å². The van der Waals surface area contributed by atoms with Gasteiger partial charge in [0.25, 0.3) is 0 Å². The van der Waals surface area contributed by atoms with Gasteiger partial charge in [0.15, 0.2) is 5.82 Å². The minimum absolute atomic E-state index is 0.444. The summed E-state index contributed by atoms with van der Waals surface area (Å²) in [5.74, 6) is 2.24. The summed E-state index contributed by atoms with van der Waals surface area (Å²) in [6.07, 6.45) is 12.0. The van der Waals surface area contributed by atoms with E-state index in [9.17, 15) is 0 Å². The summed E-state index contributed by atoms with van der Waals surface area (Å²) < 4.78 is 1.86. The number of aryl methyl sites for hydroxylation is 2. The lowest BCUT2D eigenvalue weighted by Crippen LogP contribution is -2.29. The van der Waals surface area contributed by atoms with Crippen LogP contribution >= 0.6 is 0 Å². The molecule has 1 aliphatic carbocycles. The van der Waals surface area contributed by atoms with Gasteiger partial charge in [-0.25, -0.2) is 9.97 Å². The molecular weight excluding hydrogens is 428 g/mol. The summed E-state index contributed by atoms with van der Waals surface area (Å²) in [5.41, 5.74) is 17.0. The van der Waals surface area contributed by atoms with Gasteiger partial charge in [0.2, 0.25) is 0 Å². The third-order valence-corrected chi connectivity index (χ3v) is 6.88. The average Bonchev–Trinajstić information content (AvgIpc) is 3.48. The smallest absolute Gasteiger partial charge is 0.162 e. The molecule has 3 aromatic heterocycles. The summed E-state index contributed by atoms with van der Waals surface area (Å²) in [6, 6.07) is 2.45. The molecule has 0 radical (unpaired) electrons. The predicted octanol–water partition coefficient (Wildman–Crippen LogP) is 2.70. The van der Waals surface area contributed by atoms with E-state index < -0.39 is 6.17 Å². The van der Waals surface area contributed by atoms with Gasteiger partial charge in [-0.3, -0.25) is 14.7 Å². The first kappa shape index (κ1) is 22.3. The Kier molecular flexibility index (Phi) is 5.91. The van der Waals surface area contributed by atoms with Crippen molar-refractivity contribution >= 4 is 23.8 Å². The molecule has 4 N–H and O–H groups in total. The van der Waals surface area contributed by atoms with Gasteiger partial charge >= 0.3 is 0 Å². The maximum Gasteiger partial charge on any atom is 0.162 e. The maximum atomic E-state index is 6.26. The highest BCUT2D eigenvalue weighted by molar-refractivity contribution is 5.81. The van der Waals surface area contributed by atoms with Crippen LogP contribution in [0.25, 0.3) is 0 Å². The fourth-order valence-corrected chi connectivity index (χ4v) is 4.90. The van der Waals surface area contributed by atoms with E-state index >= 15 is 0 Å². The van der Waals surface area contributed by atoms with Crippen molar-refractivity contribution < 1.29 is 0 Å². The van der Waals surface area contributed by atoms with Crippen molar-refractivity contribution in [2.24, 2.45) is 10.7 Å². The Bertz CT molecular complexity index is 1170. The van der Waals surface area contributed by atoms with E-state index in [1.807, 2.05) is 48.1 Å². The van der Waals surface area contributed by atoms with Gasteiger partial charge in [0, 0.05) is 25.0 Å². The van der Waals surface area contributed by atoms with Gasteiger partial charge in [-0.05, 0) is 43.9 Å². The van der Waals surface area contributed by atoms with Crippen LogP contribution in [0.15, 0.2) is 29.6 Å². The fourth-order valence-electron chi connectivity index (χ4n) is 4.90. The molecule has 3 aromatic rings. The van der Waals surface area contributed by atoms with E-state index in [0.29, 0.717) is 24.9 Å². The zero-order chi connectivity index (χ0) is 23.8. The van der Waals surface area contributed by atoms with E-state index in [4.69, 9.17) is 16.6 Å². The van der Waals surface area contributed by atoms with Crippen molar-refractivity contribution in [3.05, 3.63) is 52.7 Å². The second-order valence-corrected chi connectivity index (χ2v) is 9.29. The molecule has 178 valence electrons. The molecule has 1 aliphatic heterocycles. The van der Waals surface area contributed by atoms with Crippen LogP contribution in [-0.2, 0) is 13.1 Å². The number of aromatic nitrogens is 5. The normalized spacial score (nSPS) is 17.9. The van der Waals surface area contributed by atoms with Gasteiger partial charge in [-0.2, -0.15) is 5.10 Å². The lowest BCUT2D eigenvalue weighted by Gasteiger charge is -2.25. The Balaban J connectivity index is 1.34. The largest absolute Gasteiger partial charge is 0.384 e. The summed E-state index contributed by atoms with van der Waals surface area (Å²) in [7, 11) is 2.11. The van der Waals surface area contributed by atoms with E-state index in [2.05, 4.69) is 31.9 Å². The molecule has 4 heterocycles. The molecular formula is C24H32N10. The fraction of sp³-hybridized carbons (Fsp3) is 0.458. The van der Waals surface area contributed by atoms with Gasteiger partial charge in [-0.1, -0.05) is 12.8 Å². The Hall–Kier alpha value is -3.53. The van der Waals surface area contributed by atoms with Crippen molar-refractivity contribution in [2.45, 2.75) is 64.8 Å². The molecule has 10 nitrogen and oxygen atoms in total. The van der Waals surface area contributed by atoms with Gasteiger partial charge in [0.1, 0.15) is 17.8 Å². The first-order valence-corrected chi connectivity index (χ1v) is 11.8. The van der Waals surface area contributed by atoms with Crippen LogP contribution in [0.3, 0.4) is 0 Å². The number of rotatable bonds is 6. The maximum absolute atomic E-state index is 6.26. The monoisotopic (exact) mass is 460 g/mol. The van der Waals surface area contributed by atoms with Crippen LogP contribution in [0.4, 0.5) is 17.5 Å². The highest BCUT2D eigenvalue weighted by Crippen LogP contribution is 2.30. The number of aliphatic imine (C=N–C) groups is 1. The number of hydrogen-bond donors (Lipinski definition) is 2. The topological polar surface area (TPSA) is 127 Å². The minimum atomic E-state index is -0.444. The zero-order valence-electron chi connectivity index (χ0n) is 20.0. The quantitative estimate of drug-likeness (QED) is 0.575. The molecule has 10 heteroatoms. The van der Waals surface area contributed by atoms with Gasteiger partial charge in [-0.15, -0.1) is 0 Å². The number of hydrogen-bond acceptors (Lipinski definition) is 9. The Morgan fingerprint density at radius 1 is 1.12 bits per heavy atom. The Labute approximate surface area is 199 Å². The number of nitrogens with zero attached hydrogens (tertiary/aromatic N) is 8. The van der Waals surface area contributed by atoms with Crippen LogP contribution in [0.2, 0.25) is 0 Å². The molecule has 2 aliphatic rings. The SMILES string of the molecule is Cc1cc(N)nc(C)c1CN1C=NC(N)c2cn(Cc3cnc(N(C)C4CCCC4)cn3)nc21. The van der Waals surface area contributed by atoms with Crippen molar-refractivity contribution in [3.8, 4) is 0 Å². The van der Waals surface area contributed by atoms with Crippen LogP contribution in [0, 0.1) is 13.8 Å². The van der Waals surface area contributed by atoms with Crippen molar-refractivity contribution in [1.82, 2.24) is 24.7 Å². The van der Waals surface area contributed by atoms with Crippen LogP contribution in [0.5, 0.6) is 0 Å². The van der Waals surface area contributed by atoms with Crippen molar-refractivity contribution in [3.63, 3.8) is 0 Å². The van der Waals surface area contributed by atoms with Crippen molar-refractivity contribution in [1.29, 1.82) is 0 Å². The minimum Gasteiger partial charge on any atom is -0.384 e. The Morgan fingerprint density at radius 3 is 2.62 bits per heavy atom. The molecule has 34 heavy (non-hydrogen) atoms. The van der Waals surface area contributed by atoms with Gasteiger partial charge < -0.3 is 21.3 Å². The highest BCUT2D eigenvalue weighted by atomic mass is 15.4. The highest BCUT2D eigenvalue weighted by Gasteiger charge is 2.25. The molecule has 0 spiro atoms. The number of nitrogens with two attached hydrogens (primary N) is 2. The molecule has 1 saturated carbocycles. The standard InChI is InChI=1S/C24H32N10/c1-15-8-21(25)30-16(2)19(15)12-33-14-29-23(26)20-13-34(31-24(20)33)11-17-9-28-22(10-27-17)32(3)18-6-4-5-7-18/h8-10,13-14,18,23H,4-7,11-12,26H2,1-3H3,(H2,25,30). The average molecular weight is 461 g/mol. The van der Waals surface area contributed by atoms with Crippen molar-refractivity contribution in [2.75, 3.05) is 22.6 Å². The molecule has 0 aromatic carbocycles. The lowest BCUT2D eigenvalue weighted by molar-refractivity contribution is 0.639. The van der Waals surface area contributed by atoms with Crippen LogP contribution in [0.1, 0.15) is 59.9 Å². The second kappa shape index (κ2) is 9.02. The van der Waals surface area contributed by atoms with E-state index in [-0.39, 0.29) is 0 Å². The number of anilines is 3. The third-order valence-electron chi connectivity index (χ3n) is 6.88. The number of fused-ring (bicyclic) bond motifs is 1. The first-order valence-electron chi connectivity index (χ1n) is 11.8. The van der Waals surface area contributed by atoms with Crippen LogP contribution in [-0.4, -0.2) is 44.2 Å². The lowest BCUT2D eigenvalue weighted by atomic mass is 10.1. The molecule has 0 bridgehead atoms. The van der Waals surface area contributed by atoms with Gasteiger partial charge in [0.05, 0.1) is 43.1 Å². The molecule has 1 unspecified atom stereocenters. The third kappa shape index (κ3) is 4.33. The number of nitrogen functional groups attached to an aromatic ring is 1. The summed E-state index contributed by atoms with van der Waals surface area (Å²) in [6.45, 7) is 5.11. The molecule has 0 amide bonds. The summed E-state index contributed by atoms with van der Waals surface area (Å²) in [5, 5.41) is 4.82. The van der Waals surface area contributed by atoms with E-state index in [0.717, 1.165) is 39.7 Å². The summed E-state index contributed by atoms with van der Waals surface area (Å²) >= 11 is 0. The zero-order valence-corrected chi connectivity index (χ0v) is 20.0. The number of pyridine rings is 1. The Morgan fingerprint density at radius 2 is 1.91 bits per heavy atom. The second-order valence-electron chi connectivity index (χ2n) is 9.29. The summed E-state index contributed by atoms with van der Waals surface area (Å²) in [4.78, 5) is 22.4. The molecule has 1 atom stereocenters. The predicted molar refractivity (Wildman–Crippen MR) is 134 cm³/mol. The molecule has 0 saturated heterocycles. The molecule has 5 rings (SSSR count). The van der Waals surface area contributed by atoms with E-state index in [1.54, 1.807) is 6.34 Å². The first-order chi connectivity index (χ1) is 16.4. The van der Waals surface area contributed by atoms with Crippen LogP contribution < -0.4 is 21.3 Å².